The summed E-state index contributed by atoms with van der Waals surface area (Å²) in [5.74, 6) is 1.40. The molecule has 0 amide bonds. The fraction of sp³-hybridized carbons (Fsp3) is 0.333. The van der Waals surface area contributed by atoms with Gasteiger partial charge in [0.1, 0.15) is 11.5 Å². The first-order valence-corrected chi connectivity index (χ1v) is 4.80. The molecule has 1 aromatic rings. The third-order valence-corrected chi connectivity index (χ3v) is 2.73. The van der Waals surface area contributed by atoms with Gasteiger partial charge >= 0.3 is 0 Å². The van der Waals surface area contributed by atoms with E-state index in [1.54, 1.807) is 26.4 Å². The summed E-state index contributed by atoms with van der Waals surface area (Å²) in [6.45, 7) is 0.293. The van der Waals surface area contributed by atoms with E-state index in [1.807, 2.05) is 0 Å². The molecule has 78 valence electrons. The lowest BCUT2D eigenvalue weighted by Gasteiger charge is -2.12. The number of methoxy groups -OCH3 is 2. The minimum absolute atomic E-state index is 0.293. The Bertz CT molecular complexity index is 317. The fourth-order valence-electron chi connectivity index (χ4n) is 1.17. The number of benzene rings is 1. The van der Waals surface area contributed by atoms with Crippen LogP contribution in [0, 0.1) is 0 Å². The quantitative estimate of drug-likeness (QED) is 0.814. The summed E-state index contributed by atoms with van der Waals surface area (Å²) in [4.78, 5) is 0. The van der Waals surface area contributed by atoms with Crippen LogP contribution in [-0.4, -0.2) is 19.4 Å². The Morgan fingerprint density at radius 1 is 1.29 bits per heavy atom. The van der Waals surface area contributed by atoms with E-state index >= 15 is 0 Å². The second-order valence-electron chi connectivity index (χ2n) is 2.60. The number of hydrogen-bond donors (Lipinski definition) is 2. The number of hydroxylamine groups is 1. The third kappa shape index (κ3) is 2.17. The molecule has 0 spiro atoms. The first-order chi connectivity index (χ1) is 6.74. The summed E-state index contributed by atoms with van der Waals surface area (Å²) in [5, 5.41) is 8.66. The van der Waals surface area contributed by atoms with E-state index in [0.717, 1.165) is 10.0 Å². The Hall–Kier alpha value is -0.780. The summed E-state index contributed by atoms with van der Waals surface area (Å²) >= 11 is 3.38. The van der Waals surface area contributed by atoms with E-state index in [4.69, 9.17) is 14.7 Å². The minimum atomic E-state index is 0.293. The Labute approximate surface area is 90.9 Å². The van der Waals surface area contributed by atoms with E-state index in [1.165, 1.54) is 0 Å². The monoisotopic (exact) mass is 261 g/mol. The number of hydrogen-bond acceptors (Lipinski definition) is 4. The van der Waals surface area contributed by atoms with Crippen molar-refractivity contribution >= 4 is 15.9 Å². The van der Waals surface area contributed by atoms with Crippen molar-refractivity contribution in [1.82, 2.24) is 5.48 Å². The first kappa shape index (κ1) is 11.3. The maximum absolute atomic E-state index is 8.66. The fourth-order valence-corrected chi connectivity index (χ4v) is 1.80. The van der Waals surface area contributed by atoms with E-state index in [2.05, 4.69) is 21.4 Å². The molecule has 0 bridgehead atoms. The van der Waals surface area contributed by atoms with E-state index in [0.29, 0.717) is 18.0 Å². The largest absolute Gasteiger partial charge is 0.496 e. The number of ether oxygens (including phenoxy) is 2. The molecule has 0 heterocycles. The highest BCUT2D eigenvalue weighted by Crippen LogP contribution is 2.34. The molecule has 1 rings (SSSR count). The molecule has 0 unspecified atom stereocenters. The van der Waals surface area contributed by atoms with Crippen LogP contribution in [0.5, 0.6) is 11.5 Å². The maximum Gasteiger partial charge on any atom is 0.133 e. The first-order valence-electron chi connectivity index (χ1n) is 4.01. The molecule has 0 aliphatic heterocycles. The normalized spacial score (nSPS) is 10.0. The van der Waals surface area contributed by atoms with Gasteiger partial charge in [-0.2, -0.15) is 0 Å². The van der Waals surface area contributed by atoms with Gasteiger partial charge in [0.25, 0.3) is 0 Å². The van der Waals surface area contributed by atoms with Gasteiger partial charge in [-0.25, -0.2) is 5.48 Å². The number of nitrogens with one attached hydrogen (secondary N) is 1. The zero-order valence-electron chi connectivity index (χ0n) is 8.00. The molecule has 0 fully saturated rings. The molecule has 0 aromatic heterocycles. The smallest absolute Gasteiger partial charge is 0.133 e. The predicted octanol–water partition coefficient (Wildman–Crippen LogP) is 1.95. The van der Waals surface area contributed by atoms with Gasteiger partial charge < -0.3 is 14.7 Å². The van der Waals surface area contributed by atoms with Crippen LogP contribution in [0.1, 0.15) is 5.56 Å². The molecule has 0 atom stereocenters. The zero-order chi connectivity index (χ0) is 10.6. The molecular formula is C9H12BrNO3. The van der Waals surface area contributed by atoms with Gasteiger partial charge in [0.15, 0.2) is 0 Å². The molecule has 0 aliphatic carbocycles. The molecule has 2 N–H and O–H groups in total. The summed E-state index contributed by atoms with van der Waals surface area (Å²) in [7, 11) is 3.16. The average molecular weight is 262 g/mol. The lowest BCUT2D eigenvalue weighted by Crippen LogP contribution is -2.08. The van der Waals surface area contributed by atoms with Crippen molar-refractivity contribution in [3.05, 3.63) is 22.2 Å². The Morgan fingerprint density at radius 2 is 1.86 bits per heavy atom. The van der Waals surface area contributed by atoms with E-state index < -0.39 is 0 Å². The molecule has 0 saturated heterocycles. The second-order valence-corrected chi connectivity index (χ2v) is 3.39. The lowest BCUT2D eigenvalue weighted by molar-refractivity contribution is 0.160. The van der Waals surface area contributed by atoms with Crippen molar-refractivity contribution in [1.29, 1.82) is 0 Å². The average Bonchev–Trinajstić information content (AvgIpc) is 2.21. The van der Waals surface area contributed by atoms with Gasteiger partial charge in [0, 0.05) is 5.56 Å². The molecule has 0 saturated carbocycles. The van der Waals surface area contributed by atoms with Gasteiger partial charge in [-0.05, 0) is 28.1 Å². The van der Waals surface area contributed by atoms with Crippen LogP contribution < -0.4 is 15.0 Å². The van der Waals surface area contributed by atoms with Crippen LogP contribution in [0.4, 0.5) is 0 Å². The standard InChI is InChI=1S/C9H12BrNO3/c1-13-7-3-4-8(14-2)9(10)6(7)5-11-12/h3-4,11-12H,5H2,1-2H3. The van der Waals surface area contributed by atoms with Crippen LogP contribution in [0.25, 0.3) is 0 Å². The Morgan fingerprint density at radius 3 is 2.36 bits per heavy atom. The summed E-state index contributed by atoms with van der Waals surface area (Å²) in [6, 6.07) is 3.58. The van der Waals surface area contributed by atoms with Crippen LogP contribution in [0.15, 0.2) is 16.6 Å². The van der Waals surface area contributed by atoms with Crippen LogP contribution in [-0.2, 0) is 6.54 Å². The van der Waals surface area contributed by atoms with Crippen molar-refractivity contribution < 1.29 is 14.7 Å². The van der Waals surface area contributed by atoms with Crippen molar-refractivity contribution in [2.45, 2.75) is 6.54 Å². The SMILES string of the molecule is COc1ccc(OC)c(CNO)c1Br. The van der Waals surface area contributed by atoms with Gasteiger partial charge in [-0.1, -0.05) is 0 Å². The summed E-state index contributed by atoms with van der Waals surface area (Å²) in [5.41, 5.74) is 2.90. The molecule has 5 heteroatoms. The van der Waals surface area contributed by atoms with E-state index in [9.17, 15) is 0 Å². The third-order valence-electron chi connectivity index (χ3n) is 1.86. The topological polar surface area (TPSA) is 50.7 Å². The van der Waals surface area contributed by atoms with Gasteiger partial charge in [-0.15, -0.1) is 0 Å². The molecule has 4 nitrogen and oxygen atoms in total. The van der Waals surface area contributed by atoms with Gasteiger partial charge in [0.05, 0.1) is 25.2 Å². The number of halogens is 1. The van der Waals surface area contributed by atoms with Crippen molar-refractivity contribution in [3.8, 4) is 11.5 Å². The van der Waals surface area contributed by atoms with E-state index in [-0.39, 0.29) is 0 Å². The number of rotatable bonds is 4. The van der Waals surface area contributed by atoms with Crippen LogP contribution >= 0.6 is 15.9 Å². The maximum atomic E-state index is 8.66. The Balaban J connectivity index is 3.16. The van der Waals surface area contributed by atoms with Crippen molar-refractivity contribution in [3.63, 3.8) is 0 Å². The van der Waals surface area contributed by atoms with Crippen molar-refractivity contribution in [2.24, 2.45) is 0 Å². The molecule has 0 aliphatic rings. The highest BCUT2D eigenvalue weighted by Gasteiger charge is 2.11. The second kappa shape index (κ2) is 5.19. The summed E-state index contributed by atoms with van der Waals surface area (Å²) < 4.78 is 11.0. The molecular weight excluding hydrogens is 250 g/mol. The van der Waals surface area contributed by atoms with Crippen LogP contribution in [0.3, 0.4) is 0 Å². The van der Waals surface area contributed by atoms with Crippen molar-refractivity contribution in [2.75, 3.05) is 14.2 Å². The Kier molecular flexibility index (Phi) is 4.19. The highest BCUT2D eigenvalue weighted by molar-refractivity contribution is 9.10. The highest BCUT2D eigenvalue weighted by atomic mass is 79.9. The van der Waals surface area contributed by atoms with Gasteiger partial charge in [-0.3, -0.25) is 0 Å². The summed E-state index contributed by atoms with van der Waals surface area (Å²) in [6.07, 6.45) is 0. The molecule has 14 heavy (non-hydrogen) atoms. The lowest BCUT2D eigenvalue weighted by atomic mass is 10.2. The van der Waals surface area contributed by atoms with Gasteiger partial charge in [0.2, 0.25) is 0 Å². The minimum Gasteiger partial charge on any atom is -0.496 e. The van der Waals surface area contributed by atoms with Crippen LogP contribution in [0.2, 0.25) is 0 Å². The molecule has 1 aromatic carbocycles. The molecule has 0 radical (unpaired) electrons. The zero-order valence-corrected chi connectivity index (χ0v) is 9.59. The predicted molar refractivity (Wildman–Crippen MR) is 55.9 cm³/mol.